The van der Waals surface area contributed by atoms with Crippen LogP contribution in [0.25, 0.3) is 16.5 Å². The van der Waals surface area contributed by atoms with Gasteiger partial charge in [-0.25, -0.2) is 4.39 Å². The zero-order chi connectivity index (χ0) is 24.8. The quantitative estimate of drug-likeness (QED) is 0.461. The standard InChI is InChI=1S/C28H34ClFN6/c1-32-19-27(24(16-28(32)29)20-17-31-33(2)18-20)35-14-12-34(13-15-35)21-6-8-22(9-7-21)36-11-10-23-25(30)4-3-5-26(23)36/h3-5,10-11,16-18,21-22H,6-9,12-15,19H2,1-2H3. The van der Waals surface area contributed by atoms with Crippen molar-refractivity contribution in [1.82, 2.24) is 29.0 Å². The molecule has 4 heterocycles. The molecule has 0 unspecified atom stereocenters. The number of aryl methyl sites for hydroxylation is 1. The molecule has 1 saturated heterocycles. The number of nitrogens with zero attached hydrogens (tertiary/aromatic N) is 6. The van der Waals surface area contributed by atoms with Crippen LogP contribution in [0.2, 0.25) is 0 Å². The summed E-state index contributed by atoms with van der Waals surface area (Å²) in [5.41, 5.74) is 4.67. The van der Waals surface area contributed by atoms with Crippen molar-refractivity contribution in [3.05, 3.63) is 71.2 Å². The van der Waals surface area contributed by atoms with Crippen molar-refractivity contribution in [3.63, 3.8) is 0 Å². The fourth-order valence-corrected chi connectivity index (χ4v) is 6.48. The van der Waals surface area contributed by atoms with Gasteiger partial charge in [-0.05, 0) is 50.0 Å². The Hall–Kier alpha value is -2.77. The molecular weight excluding hydrogens is 475 g/mol. The highest BCUT2D eigenvalue weighted by Gasteiger charge is 2.31. The molecule has 1 saturated carbocycles. The fourth-order valence-electron chi connectivity index (χ4n) is 6.31. The second-order valence-electron chi connectivity index (χ2n) is 10.5. The first-order valence-corrected chi connectivity index (χ1v) is 13.4. The Morgan fingerprint density at radius 1 is 0.972 bits per heavy atom. The van der Waals surface area contributed by atoms with Crippen LogP contribution in [0.5, 0.6) is 0 Å². The van der Waals surface area contributed by atoms with Crippen molar-refractivity contribution in [3.8, 4) is 0 Å². The molecule has 0 atom stereocenters. The molecular formula is C28H34ClFN6. The van der Waals surface area contributed by atoms with Crippen molar-refractivity contribution in [2.45, 2.75) is 37.8 Å². The van der Waals surface area contributed by atoms with E-state index in [1.54, 1.807) is 6.07 Å². The minimum absolute atomic E-state index is 0.124. The topological polar surface area (TPSA) is 32.5 Å². The summed E-state index contributed by atoms with van der Waals surface area (Å²) in [6.45, 7) is 5.03. The van der Waals surface area contributed by atoms with E-state index < -0.39 is 0 Å². The first kappa shape index (κ1) is 23.6. The monoisotopic (exact) mass is 508 g/mol. The van der Waals surface area contributed by atoms with Crippen molar-refractivity contribution >= 4 is 28.1 Å². The summed E-state index contributed by atoms with van der Waals surface area (Å²) in [6.07, 6.45) is 12.9. The predicted octanol–water partition coefficient (Wildman–Crippen LogP) is 5.05. The first-order valence-electron chi connectivity index (χ1n) is 13.0. The molecule has 0 bridgehead atoms. The molecule has 3 aromatic rings. The number of aromatic nitrogens is 3. The van der Waals surface area contributed by atoms with Crippen LogP contribution < -0.4 is 0 Å². The molecule has 1 aromatic carbocycles. The number of allylic oxidation sites excluding steroid dienone is 2. The van der Waals surface area contributed by atoms with E-state index in [1.807, 2.05) is 36.1 Å². The Morgan fingerprint density at radius 2 is 1.72 bits per heavy atom. The lowest BCUT2D eigenvalue weighted by Crippen LogP contribution is -2.51. The molecule has 6 nitrogen and oxygen atoms in total. The molecule has 2 aliphatic heterocycles. The summed E-state index contributed by atoms with van der Waals surface area (Å²) >= 11 is 6.51. The van der Waals surface area contributed by atoms with Crippen molar-refractivity contribution in [2.75, 3.05) is 39.8 Å². The number of piperazine rings is 1. The molecule has 3 aliphatic rings. The highest BCUT2D eigenvalue weighted by molar-refractivity contribution is 6.30. The summed E-state index contributed by atoms with van der Waals surface area (Å²) in [7, 11) is 4.00. The van der Waals surface area contributed by atoms with Gasteiger partial charge >= 0.3 is 0 Å². The molecule has 1 aliphatic carbocycles. The zero-order valence-corrected chi connectivity index (χ0v) is 21.8. The Bertz CT molecular complexity index is 1310. The van der Waals surface area contributed by atoms with E-state index >= 15 is 0 Å². The van der Waals surface area contributed by atoms with Gasteiger partial charge in [-0.1, -0.05) is 17.7 Å². The SMILES string of the molecule is CN1CC(N2CCN(C3CCC(n4ccc5c(F)cccc54)CC3)CC2)=C(c2cnn(C)c2)C=C1Cl. The second kappa shape index (κ2) is 9.60. The molecule has 36 heavy (non-hydrogen) atoms. The molecule has 0 radical (unpaired) electrons. The van der Waals surface area contributed by atoms with Crippen LogP contribution in [0, 0.1) is 5.82 Å². The van der Waals surface area contributed by atoms with E-state index in [4.69, 9.17) is 11.6 Å². The minimum atomic E-state index is -0.124. The van der Waals surface area contributed by atoms with Gasteiger partial charge in [-0.3, -0.25) is 9.58 Å². The fraction of sp³-hybridized carbons (Fsp3) is 0.464. The maximum atomic E-state index is 14.2. The van der Waals surface area contributed by atoms with E-state index in [9.17, 15) is 4.39 Å². The number of benzene rings is 1. The molecule has 0 spiro atoms. The molecule has 2 fully saturated rings. The summed E-state index contributed by atoms with van der Waals surface area (Å²) in [5.74, 6) is -0.124. The molecule has 2 aromatic heterocycles. The Morgan fingerprint density at radius 3 is 2.44 bits per heavy atom. The zero-order valence-electron chi connectivity index (χ0n) is 21.1. The van der Waals surface area contributed by atoms with E-state index in [2.05, 4.69) is 49.9 Å². The largest absolute Gasteiger partial charge is 0.370 e. The lowest BCUT2D eigenvalue weighted by Gasteiger charge is -2.44. The Balaban J connectivity index is 1.11. The lowest BCUT2D eigenvalue weighted by molar-refractivity contribution is 0.0832. The Labute approximate surface area is 217 Å². The van der Waals surface area contributed by atoms with Crippen LogP contribution in [0.4, 0.5) is 4.39 Å². The van der Waals surface area contributed by atoms with E-state index in [1.165, 1.54) is 24.1 Å². The van der Waals surface area contributed by atoms with Crippen LogP contribution >= 0.6 is 11.6 Å². The second-order valence-corrected chi connectivity index (χ2v) is 10.9. The molecule has 6 rings (SSSR count). The van der Waals surface area contributed by atoms with Gasteiger partial charge in [0.25, 0.3) is 0 Å². The third kappa shape index (κ3) is 4.33. The average Bonchev–Trinajstić information content (AvgIpc) is 3.53. The smallest absolute Gasteiger partial charge is 0.132 e. The van der Waals surface area contributed by atoms with Crippen LogP contribution in [0.15, 0.2) is 59.8 Å². The number of halogens is 2. The van der Waals surface area contributed by atoms with Gasteiger partial charge in [0.15, 0.2) is 0 Å². The summed E-state index contributed by atoms with van der Waals surface area (Å²) < 4.78 is 18.3. The van der Waals surface area contributed by atoms with Crippen LogP contribution in [-0.4, -0.2) is 74.9 Å². The number of rotatable bonds is 4. The predicted molar refractivity (Wildman–Crippen MR) is 143 cm³/mol. The summed E-state index contributed by atoms with van der Waals surface area (Å²) in [4.78, 5) is 7.35. The maximum absolute atomic E-state index is 14.2. The van der Waals surface area contributed by atoms with Crippen molar-refractivity contribution in [2.24, 2.45) is 7.05 Å². The van der Waals surface area contributed by atoms with Crippen LogP contribution in [-0.2, 0) is 7.05 Å². The summed E-state index contributed by atoms with van der Waals surface area (Å²) in [5, 5.41) is 5.89. The number of hydrogen-bond acceptors (Lipinski definition) is 4. The van der Waals surface area contributed by atoms with Gasteiger partial charge in [0.05, 0.1) is 18.3 Å². The molecule has 8 heteroatoms. The molecule has 0 N–H and O–H groups in total. The third-order valence-electron chi connectivity index (χ3n) is 8.32. The maximum Gasteiger partial charge on any atom is 0.132 e. The third-order valence-corrected chi connectivity index (χ3v) is 8.72. The number of fused-ring (bicyclic) bond motifs is 1. The van der Waals surface area contributed by atoms with E-state index in [-0.39, 0.29) is 5.82 Å². The van der Waals surface area contributed by atoms with Crippen molar-refractivity contribution < 1.29 is 4.39 Å². The van der Waals surface area contributed by atoms with Gasteiger partial charge in [0, 0.05) is 87.0 Å². The van der Waals surface area contributed by atoms with Gasteiger partial charge in [-0.2, -0.15) is 5.10 Å². The lowest BCUT2D eigenvalue weighted by atomic mass is 9.89. The van der Waals surface area contributed by atoms with E-state index in [0.29, 0.717) is 12.1 Å². The van der Waals surface area contributed by atoms with E-state index in [0.717, 1.165) is 67.2 Å². The van der Waals surface area contributed by atoms with Gasteiger partial charge in [0.2, 0.25) is 0 Å². The molecule has 190 valence electrons. The number of hydrogen-bond donors (Lipinski definition) is 0. The van der Waals surface area contributed by atoms with Crippen LogP contribution in [0.3, 0.4) is 0 Å². The summed E-state index contributed by atoms with van der Waals surface area (Å²) in [6, 6.07) is 8.44. The minimum Gasteiger partial charge on any atom is -0.370 e. The number of likely N-dealkylation sites (N-methyl/N-ethyl adjacent to an activating group) is 1. The Kier molecular flexibility index (Phi) is 6.30. The van der Waals surface area contributed by atoms with Gasteiger partial charge < -0.3 is 14.4 Å². The normalized spacial score (nSPS) is 24.1. The van der Waals surface area contributed by atoms with Gasteiger partial charge in [0.1, 0.15) is 11.0 Å². The first-order chi connectivity index (χ1) is 17.5. The van der Waals surface area contributed by atoms with Crippen molar-refractivity contribution in [1.29, 1.82) is 0 Å². The highest BCUT2D eigenvalue weighted by atomic mass is 35.5. The van der Waals surface area contributed by atoms with Gasteiger partial charge in [-0.15, -0.1) is 0 Å². The molecule has 0 amide bonds. The average molecular weight is 509 g/mol. The highest BCUT2D eigenvalue weighted by Crippen LogP contribution is 2.36. The van der Waals surface area contributed by atoms with Crippen LogP contribution in [0.1, 0.15) is 37.3 Å².